The van der Waals surface area contributed by atoms with Gasteiger partial charge in [-0.1, -0.05) is 32.9 Å². The summed E-state index contributed by atoms with van der Waals surface area (Å²) in [5, 5.41) is 0.815. The first-order chi connectivity index (χ1) is 11.0. The van der Waals surface area contributed by atoms with Gasteiger partial charge in [0.25, 0.3) is 5.56 Å². The van der Waals surface area contributed by atoms with E-state index in [1.54, 1.807) is 10.6 Å². The summed E-state index contributed by atoms with van der Waals surface area (Å²) < 4.78 is 2.57. The van der Waals surface area contributed by atoms with Crippen LogP contribution in [-0.2, 0) is 0 Å². The van der Waals surface area contributed by atoms with Crippen LogP contribution < -0.4 is 11.0 Å². The molecule has 0 unspecified atom stereocenters. The van der Waals surface area contributed by atoms with E-state index in [1.807, 2.05) is 45.9 Å². The number of rotatable bonds is 3. The van der Waals surface area contributed by atoms with Gasteiger partial charge in [-0.15, -0.1) is 11.3 Å². The van der Waals surface area contributed by atoms with Crippen LogP contribution in [0.3, 0.4) is 0 Å². The van der Waals surface area contributed by atoms with Gasteiger partial charge in [0.15, 0.2) is 0 Å². The van der Waals surface area contributed by atoms with Crippen molar-refractivity contribution in [3.8, 4) is 0 Å². The Labute approximate surface area is 138 Å². The third kappa shape index (κ3) is 2.49. The van der Waals surface area contributed by atoms with Gasteiger partial charge in [-0.05, 0) is 25.5 Å². The van der Waals surface area contributed by atoms with Crippen molar-refractivity contribution in [3.05, 3.63) is 50.7 Å². The zero-order chi connectivity index (χ0) is 16.7. The summed E-state index contributed by atoms with van der Waals surface area (Å²) in [7, 11) is 0. The largest absolute Gasteiger partial charge is 0.293 e. The van der Waals surface area contributed by atoms with Crippen LogP contribution >= 0.6 is 11.3 Å². The van der Waals surface area contributed by atoms with Crippen LogP contribution in [0, 0.1) is 0 Å². The van der Waals surface area contributed by atoms with E-state index >= 15 is 0 Å². The molecular formula is C18H20N2O2S. The summed E-state index contributed by atoms with van der Waals surface area (Å²) in [5.41, 5.74) is -0.417. The lowest BCUT2D eigenvalue weighted by Gasteiger charge is -2.20. The quantitative estimate of drug-likeness (QED) is 0.681. The van der Waals surface area contributed by atoms with E-state index in [0.717, 1.165) is 16.9 Å². The Hall–Kier alpha value is -2.01. The lowest BCUT2D eigenvalue weighted by Crippen LogP contribution is -2.31. The van der Waals surface area contributed by atoms with Crippen molar-refractivity contribution in [1.82, 2.24) is 9.55 Å². The monoisotopic (exact) mass is 328 g/mol. The fourth-order valence-corrected chi connectivity index (χ4v) is 3.84. The van der Waals surface area contributed by atoms with Gasteiger partial charge in [-0.2, -0.15) is 0 Å². The SMILES string of the molecule is CC[C@H](C)n1c(C(C)C)nc2sc3ccccc3c(=O)c2c1=O. The molecule has 5 heteroatoms. The van der Waals surface area contributed by atoms with E-state index in [-0.39, 0.29) is 28.3 Å². The van der Waals surface area contributed by atoms with Crippen molar-refractivity contribution < 1.29 is 0 Å². The van der Waals surface area contributed by atoms with Crippen molar-refractivity contribution in [1.29, 1.82) is 0 Å². The van der Waals surface area contributed by atoms with Crippen LogP contribution in [-0.4, -0.2) is 9.55 Å². The molecule has 4 nitrogen and oxygen atoms in total. The summed E-state index contributed by atoms with van der Waals surface area (Å²) in [5.74, 6) is 0.873. The molecule has 0 bridgehead atoms. The van der Waals surface area contributed by atoms with Crippen molar-refractivity contribution in [2.45, 2.75) is 46.1 Å². The Bertz CT molecular complexity index is 1000. The third-order valence-electron chi connectivity index (χ3n) is 4.22. The second-order valence-corrected chi connectivity index (χ2v) is 7.20. The minimum Gasteiger partial charge on any atom is -0.293 e. The second kappa shape index (κ2) is 5.89. The molecule has 0 saturated heterocycles. The highest BCUT2D eigenvalue weighted by Crippen LogP contribution is 2.24. The van der Waals surface area contributed by atoms with E-state index in [2.05, 4.69) is 0 Å². The van der Waals surface area contributed by atoms with Gasteiger partial charge in [0.1, 0.15) is 16.0 Å². The molecule has 23 heavy (non-hydrogen) atoms. The first kappa shape index (κ1) is 15.9. The molecule has 120 valence electrons. The molecule has 0 aliphatic heterocycles. The highest BCUT2D eigenvalue weighted by Gasteiger charge is 2.20. The molecule has 2 heterocycles. The van der Waals surface area contributed by atoms with Crippen LogP contribution in [0.1, 0.15) is 51.9 Å². The predicted molar refractivity (Wildman–Crippen MR) is 96.7 cm³/mol. The van der Waals surface area contributed by atoms with Crippen LogP contribution in [0.4, 0.5) is 0 Å². The first-order valence-electron chi connectivity index (χ1n) is 7.93. The summed E-state index contributed by atoms with van der Waals surface area (Å²) in [6.45, 7) is 8.08. The summed E-state index contributed by atoms with van der Waals surface area (Å²) in [6.07, 6.45) is 0.817. The molecule has 0 amide bonds. The van der Waals surface area contributed by atoms with E-state index in [0.29, 0.717) is 10.2 Å². The zero-order valence-corrected chi connectivity index (χ0v) is 14.6. The van der Waals surface area contributed by atoms with Crippen molar-refractivity contribution >= 4 is 31.6 Å². The summed E-state index contributed by atoms with van der Waals surface area (Å²) in [6, 6.07) is 7.42. The number of fused-ring (bicyclic) bond motifs is 2. The standard InChI is InChI=1S/C18H20N2O2S/c1-5-11(4)20-16(10(2)3)19-17-14(18(20)22)15(21)12-8-6-7-9-13(12)23-17/h6-11H,5H2,1-4H3/t11-/m0/s1. The number of hydrogen-bond acceptors (Lipinski definition) is 4. The Kier molecular flexibility index (Phi) is 4.06. The maximum Gasteiger partial charge on any atom is 0.266 e. The molecule has 0 fully saturated rings. The highest BCUT2D eigenvalue weighted by molar-refractivity contribution is 7.24. The molecule has 0 aliphatic rings. The lowest BCUT2D eigenvalue weighted by atomic mass is 10.1. The van der Waals surface area contributed by atoms with Gasteiger partial charge >= 0.3 is 0 Å². The fourth-order valence-electron chi connectivity index (χ4n) is 2.80. The van der Waals surface area contributed by atoms with Gasteiger partial charge in [0.05, 0.1) is 0 Å². The Morgan fingerprint density at radius 3 is 2.52 bits per heavy atom. The topological polar surface area (TPSA) is 52.0 Å². The van der Waals surface area contributed by atoms with Gasteiger partial charge in [-0.3, -0.25) is 14.2 Å². The van der Waals surface area contributed by atoms with Crippen LogP contribution in [0.5, 0.6) is 0 Å². The molecule has 0 spiro atoms. The Balaban J connectivity index is 2.54. The normalized spacial score (nSPS) is 13.1. The minimum absolute atomic E-state index is 0.0210. The molecule has 3 aromatic rings. The number of benzene rings is 1. The predicted octanol–water partition coefficient (Wildman–Crippen LogP) is 4.07. The third-order valence-corrected chi connectivity index (χ3v) is 5.29. The summed E-state index contributed by atoms with van der Waals surface area (Å²) >= 11 is 1.41. The number of nitrogens with zero attached hydrogens (tertiary/aromatic N) is 2. The molecular weight excluding hydrogens is 308 g/mol. The number of hydrogen-bond donors (Lipinski definition) is 0. The van der Waals surface area contributed by atoms with E-state index < -0.39 is 0 Å². The van der Waals surface area contributed by atoms with Gasteiger partial charge in [-0.25, -0.2) is 4.98 Å². The Morgan fingerprint density at radius 1 is 1.17 bits per heavy atom. The summed E-state index contributed by atoms with van der Waals surface area (Å²) in [4.78, 5) is 31.1. The lowest BCUT2D eigenvalue weighted by molar-refractivity contribution is 0.475. The second-order valence-electron chi connectivity index (χ2n) is 6.16. The van der Waals surface area contributed by atoms with Crippen LogP contribution in [0.25, 0.3) is 20.3 Å². The first-order valence-corrected chi connectivity index (χ1v) is 8.75. The van der Waals surface area contributed by atoms with Gasteiger partial charge in [0, 0.05) is 22.0 Å². The molecule has 0 radical (unpaired) electrons. The molecule has 0 N–H and O–H groups in total. The van der Waals surface area contributed by atoms with Crippen LogP contribution in [0.2, 0.25) is 0 Å². The molecule has 2 aromatic heterocycles. The average molecular weight is 328 g/mol. The molecule has 1 aromatic carbocycles. The minimum atomic E-state index is -0.209. The van der Waals surface area contributed by atoms with Crippen molar-refractivity contribution in [2.24, 2.45) is 0 Å². The molecule has 1 atom stereocenters. The molecule has 0 aliphatic carbocycles. The highest BCUT2D eigenvalue weighted by atomic mass is 32.1. The smallest absolute Gasteiger partial charge is 0.266 e. The van der Waals surface area contributed by atoms with E-state index in [4.69, 9.17) is 4.98 Å². The fraction of sp³-hybridized carbons (Fsp3) is 0.389. The van der Waals surface area contributed by atoms with E-state index in [1.165, 1.54) is 11.3 Å². The molecule has 0 saturated carbocycles. The number of aromatic nitrogens is 2. The maximum absolute atomic E-state index is 13.0. The van der Waals surface area contributed by atoms with Gasteiger partial charge < -0.3 is 0 Å². The van der Waals surface area contributed by atoms with Crippen molar-refractivity contribution in [2.75, 3.05) is 0 Å². The van der Waals surface area contributed by atoms with Gasteiger partial charge in [0.2, 0.25) is 5.43 Å². The van der Waals surface area contributed by atoms with Crippen molar-refractivity contribution in [3.63, 3.8) is 0 Å². The Morgan fingerprint density at radius 2 is 1.87 bits per heavy atom. The zero-order valence-electron chi connectivity index (χ0n) is 13.8. The van der Waals surface area contributed by atoms with Crippen LogP contribution in [0.15, 0.2) is 33.9 Å². The van der Waals surface area contributed by atoms with E-state index in [9.17, 15) is 9.59 Å². The molecule has 3 rings (SSSR count). The average Bonchev–Trinajstić information content (AvgIpc) is 2.53. The maximum atomic E-state index is 13.0.